The summed E-state index contributed by atoms with van der Waals surface area (Å²) < 4.78 is 37.0. The first-order valence-corrected chi connectivity index (χ1v) is 16.7. The highest BCUT2D eigenvalue weighted by molar-refractivity contribution is 7.91. The molecule has 228 valence electrons. The average molecular weight is 611 g/mol. The molecule has 5 aromatic rings. The van der Waals surface area contributed by atoms with E-state index in [0.29, 0.717) is 42.6 Å². The van der Waals surface area contributed by atoms with Crippen LogP contribution in [0.4, 0.5) is 5.69 Å². The maximum Gasteiger partial charge on any atom is 0.355 e. The van der Waals surface area contributed by atoms with Gasteiger partial charge in [-0.1, -0.05) is 66.7 Å². The molecule has 0 aliphatic carbocycles. The minimum absolute atomic E-state index is 0.132. The van der Waals surface area contributed by atoms with E-state index >= 15 is 0 Å². The normalized spacial score (nSPS) is 15.9. The molecule has 1 aliphatic heterocycles. The zero-order valence-electron chi connectivity index (χ0n) is 24.9. The van der Waals surface area contributed by atoms with Gasteiger partial charge >= 0.3 is 5.97 Å². The van der Waals surface area contributed by atoms with E-state index in [-0.39, 0.29) is 11.7 Å². The number of benzene rings is 4. The molecule has 1 saturated heterocycles. The lowest BCUT2D eigenvalue weighted by atomic mass is 10.00. The number of hydrogen-bond acceptors (Lipinski definition) is 6. The van der Waals surface area contributed by atoms with E-state index < -0.39 is 10.0 Å². The van der Waals surface area contributed by atoms with Crippen LogP contribution in [0.2, 0.25) is 0 Å². The van der Waals surface area contributed by atoms with Crippen LogP contribution >= 0.6 is 0 Å². The molecule has 9 heteroatoms. The number of ether oxygens (including phenoxy) is 1. The predicted molar refractivity (Wildman–Crippen MR) is 176 cm³/mol. The SMILES string of the molecule is CN1CCC[C@H](COC(=O)c2cc3ccc(CN)cc3n2Cc2cc(NS(=O)(=O)Cc3ccccc3)cc3ccccc23)C1. The number of fused-ring (bicyclic) bond motifs is 2. The van der Waals surface area contributed by atoms with E-state index in [1.807, 2.05) is 83.4 Å². The van der Waals surface area contributed by atoms with Crippen LogP contribution < -0.4 is 10.5 Å². The highest BCUT2D eigenvalue weighted by atomic mass is 32.2. The van der Waals surface area contributed by atoms with Crippen molar-refractivity contribution in [3.8, 4) is 0 Å². The highest BCUT2D eigenvalue weighted by Crippen LogP contribution is 2.30. The van der Waals surface area contributed by atoms with Crippen molar-refractivity contribution < 1.29 is 17.9 Å². The molecular weight excluding hydrogens is 572 g/mol. The summed E-state index contributed by atoms with van der Waals surface area (Å²) in [6, 6.07) is 28.5. The van der Waals surface area contributed by atoms with Gasteiger partial charge in [0.15, 0.2) is 0 Å². The molecule has 44 heavy (non-hydrogen) atoms. The van der Waals surface area contributed by atoms with Crippen molar-refractivity contribution in [1.29, 1.82) is 0 Å². The molecule has 0 unspecified atom stereocenters. The van der Waals surface area contributed by atoms with Gasteiger partial charge in [0.2, 0.25) is 10.0 Å². The molecule has 1 aliphatic rings. The second kappa shape index (κ2) is 12.8. The second-order valence-corrected chi connectivity index (χ2v) is 13.5. The lowest BCUT2D eigenvalue weighted by Crippen LogP contribution is -2.34. The Labute approximate surface area is 258 Å². The van der Waals surface area contributed by atoms with Crippen LogP contribution in [0.1, 0.15) is 40.0 Å². The first-order valence-electron chi connectivity index (χ1n) is 15.0. The van der Waals surface area contributed by atoms with Gasteiger partial charge < -0.3 is 19.9 Å². The number of nitrogens with two attached hydrogens (primary N) is 1. The summed E-state index contributed by atoms with van der Waals surface area (Å²) >= 11 is 0. The fourth-order valence-corrected chi connectivity index (χ4v) is 7.38. The summed E-state index contributed by atoms with van der Waals surface area (Å²) in [6.45, 7) is 3.06. The third-order valence-corrected chi connectivity index (χ3v) is 9.59. The lowest BCUT2D eigenvalue weighted by Gasteiger charge is -2.29. The standard InChI is InChI=1S/C35H38N4O4S/c1-38-15-7-10-27(21-38)23-43-35(40)34-19-29-14-13-26(20-36)16-33(29)39(34)22-30-18-31(17-28-11-5-6-12-32(28)30)37-44(41,42)24-25-8-3-2-4-9-25/h2-6,8-9,11-14,16-19,27,37H,7,10,15,20-24,36H2,1H3/t27-/m0/s1. The Bertz CT molecular complexity index is 1900. The van der Waals surface area contributed by atoms with E-state index in [1.54, 1.807) is 12.1 Å². The van der Waals surface area contributed by atoms with Crippen LogP contribution in [0, 0.1) is 5.92 Å². The number of nitrogens with zero attached hydrogens (tertiary/aromatic N) is 2. The largest absolute Gasteiger partial charge is 0.461 e. The molecule has 1 aromatic heterocycles. The van der Waals surface area contributed by atoms with E-state index in [0.717, 1.165) is 58.7 Å². The van der Waals surface area contributed by atoms with Crippen molar-refractivity contribution in [3.05, 3.63) is 113 Å². The van der Waals surface area contributed by atoms with Crippen molar-refractivity contribution in [2.75, 3.05) is 31.5 Å². The minimum Gasteiger partial charge on any atom is -0.461 e. The zero-order valence-corrected chi connectivity index (χ0v) is 25.7. The summed E-state index contributed by atoms with van der Waals surface area (Å²) in [5.41, 5.74) is 10.3. The molecule has 8 nitrogen and oxygen atoms in total. The predicted octanol–water partition coefficient (Wildman–Crippen LogP) is 5.74. The number of aromatic nitrogens is 1. The van der Waals surface area contributed by atoms with E-state index in [4.69, 9.17) is 10.5 Å². The summed E-state index contributed by atoms with van der Waals surface area (Å²) in [7, 11) is -1.57. The van der Waals surface area contributed by atoms with Crippen LogP contribution in [0.25, 0.3) is 21.7 Å². The van der Waals surface area contributed by atoms with E-state index in [1.165, 1.54) is 0 Å². The topological polar surface area (TPSA) is 107 Å². The molecule has 0 bridgehead atoms. The van der Waals surface area contributed by atoms with Crippen molar-refractivity contribution in [1.82, 2.24) is 9.47 Å². The number of nitrogens with one attached hydrogen (secondary N) is 1. The maximum atomic E-state index is 13.6. The summed E-state index contributed by atoms with van der Waals surface area (Å²) in [6.07, 6.45) is 2.14. The van der Waals surface area contributed by atoms with Crippen LogP contribution in [-0.2, 0) is 33.6 Å². The van der Waals surface area contributed by atoms with Crippen molar-refractivity contribution in [2.24, 2.45) is 11.7 Å². The molecule has 0 radical (unpaired) electrons. The monoisotopic (exact) mass is 610 g/mol. The second-order valence-electron chi connectivity index (χ2n) is 11.8. The van der Waals surface area contributed by atoms with Gasteiger partial charge in [0.1, 0.15) is 5.69 Å². The fraction of sp³-hybridized carbons (Fsp3) is 0.286. The number of anilines is 1. The Morgan fingerprint density at radius 1 is 0.955 bits per heavy atom. The molecule has 6 rings (SSSR count). The Balaban J connectivity index is 1.35. The van der Waals surface area contributed by atoms with Crippen molar-refractivity contribution in [2.45, 2.75) is 31.7 Å². The van der Waals surface area contributed by atoms with Gasteiger partial charge in [-0.15, -0.1) is 0 Å². The number of carbonyl (C=O) groups excluding carboxylic acids is 1. The van der Waals surface area contributed by atoms with Gasteiger partial charge in [0, 0.05) is 42.1 Å². The fourth-order valence-electron chi connectivity index (χ4n) is 6.20. The number of likely N-dealkylation sites (tertiary alicyclic amines) is 1. The van der Waals surface area contributed by atoms with Gasteiger partial charge in [0.25, 0.3) is 0 Å². The third kappa shape index (κ3) is 6.80. The Morgan fingerprint density at radius 2 is 1.75 bits per heavy atom. The molecule has 1 fully saturated rings. The third-order valence-electron chi connectivity index (χ3n) is 8.33. The van der Waals surface area contributed by atoms with Gasteiger partial charge in [-0.3, -0.25) is 4.72 Å². The van der Waals surface area contributed by atoms with Crippen molar-refractivity contribution >= 4 is 43.4 Å². The number of sulfonamides is 1. The quantitative estimate of drug-likeness (QED) is 0.195. The van der Waals surface area contributed by atoms with Crippen molar-refractivity contribution in [3.63, 3.8) is 0 Å². The summed E-state index contributed by atoms with van der Waals surface area (Å²) in [4.78, 5) is 15.9. The number of hydrogen-bond donors (Lipinski definition) is 2. The molecule has 0 spiro atoms. The smallest absolute Gasteiger partial charge is 0.355 e. The Kier molecular flexibility index (Phi) is 8.70. The molecule has 2 heterocycles. The molecule has 4 aromatic carbocycles. The number of piperidine rings is 1. The molecule has 1 atom stereocenters. The van der Waals surface area contributed by atoms with Crippen LogP contribution in [0.5, 0.6) is 0 Å². The first-order chi connectivity index (χ1) is 21.3. The summed E-state index contributed by atoms with van der Waals surface area (Å²) in [5, 5.41) is 2.78. The molecule has 0 saturated carbocycles. The van der Waals surface area contributed by atoms with Crippen LogP contribution in [-0.4, -0.2) is 50.6 Å². The zero-order chi connectivity index (χ0) is 30.7. The molecule has 0 amide bonds. The molecule has 3 N–H and O–H groups in total. The lowest BCUT2D eigenvalue weighted by molar-refractivity contribution is 0.0361. The summed E-state index contributed by atoms with van der Waals surface area (Å²) in [5.74, 6) is -0.191. The Hall–Kier alpha value is -4.18. The minimum atomic E-state index is -3.67. The Morgan fingerprint density at radius 3 is 2.55 bits per heavy atom. The van der Waals surface area contributed by atoms with Crippen LogP contribution in [0.15, 0.2) is 91.0 Å². The van der Waals surface area contributed by atoms with Gasteiger partial charge in [-0.25, -0.2) is 13.2 Å². The van der Waals surface area contributed by atoms with E-state index in [2.05, 4.69) is 16.7 Å². The van der Waals surface area contributed by atoms with Gasteiger partial charge in [0.05, 0.1) is 12.4 Å². The van der Waals surface area contributed by atoms with Crippen LogP contribution in [0.3, 0.4) is 0 Å². The highest BCUT2D eigenvalue weighted by Gasteiger charge is 2.23. The first kappa shape index (κ1) is 29.9. The average Bonchev–Trinajstić information content (AvgIpc) is 3.37. The van der Waals surface area contributed by atoms with Gasteiger partial charge in [-0.2, -0.15) is 0 Å². The number of esters is 1. The number of carbonyl (C=O) groups is 1. The van der Waals surface area contributed by atoms with E-state index in [9.17, 15) is 13.2 Å². The number of rotatable bonds is 10. The van der Waals surface area contributed by atoms with Gasteiger partial charge in [-0.05, 0) is 78.2 Å². The molecular formula is C35H38N4O4S. The maximum absolute atomic E-state index is 13.6.